The molecule has 2 heteroatoms. The Balaban J connectivity index is 1.75. The van der Waals surface area contributed by atoms with Gasteiger partial charge in [-0.2, -0.15) is 0 Å². The molecule has 2 nitrogen and oxygen atoms in total. The minimum absolute atomic E-state index is 0.604. The molecule has 1 N–H and O–H groups in total. The Labute approximate surface area is 87.4 Å². The largest absolute Gasteiger partial charge is 0.381 e. The van der Waals surface area contributed by atoms with E-state index in [0.717, 1.165) is 25.3 Å². The fourth-order valence-electron chi connectivity index (χ4n) is 2.41. The monoisotopic (exact) mass is 197 g/mol. The van der Waals surface area contributed by atoms with Crippen LogP contribution in [0, 0.1) is 5.41 Å². The highest BCUT2D eigenvalue weighted by atomic mass is 16.5. The fraction of sp³-hybridized carbons (Fsp3) is 1.00. The van der Waals surface area contributed by atoms with Crippen LogP contribution in [0.15, 0.2) is 0 Å². The summed E-state index contributed by atoms with van der Waals surface area (Å²) in [7, 11) is 0. The van der Waals surface area contributed by atoms with E-state index in [1.807, 2.05) is 0 Å². The van der Waals surface area contributed by atoms with Crippen molar-refractivity contribution in [3.05, 3.63) is 0 Å². The van der Waals surface area contributed by atoms with Crippen LogP contribution in [0.4, 0.5) is 0 Å². The predicted octanol–water partition coefficient (Wildman–Crippen LogP) is 2.33. The summed E-state index contributed by atoms with van der Waals surface area (Å²) in [6.45, 7) is 6.62. The van der Waals surface area contributed by atoms with E-state index in [1.165, 1.54) is 32.1 Å². The lowest BCUT2D eigenvalue weighted by atomic mass is 10.0. The molecular weight excluding hydrogens is 174 g/mol. The van der Waals surface area contributed by atoms with E-state index in [-0.39, 0.29) is 0 Å². The first-order valence-electron chi connectivity index (χ1n) is 6.08. The maximum absolute atomic E-state index is 5.46. The molecule has 3 atom stereocenters. The third kappa shape index (κ3) is 2.29. The molecule has 14 heavy (non-hydrogen) atoms. The molecule has 2 rings (SSSR count). The zero-order valence-electron chi connectivity index (χ0n) is 9.51. The number of ether oxygens (including phenoxy) is 1. The van der Waals surface area contributed by atoms with Gasteiger partial charge in [0.15, 0.2) is 0 Å². The molecule has 3 unspecified atom stereocenters. The van der Waals surface area contributed by atoms with Crippen molar-refractivity contribution in [3.63, 3.8) is 0 Å². The topological polar surface area (TPSA) is 21.3 Å². The Morgan fingerprint density at radius 1 is 1.36 bits per heavy atom. The molecule has 2 aliphatic rings. The third-order valence-electron chi connectivity index (χ3n) is 4.05. The van der Waals surface area contributed by atoms with Crippen molar-refractivity contribution in [2.75, 3.05) is 13.2 Å². The molecule has 1 heterocycles. The highest BCUT2D eigenvalue weighted by Crippen LogP contribution is 2.48. The summed E-state index contributed by atoms with van der Waals surface area (Å²) in [5, 5.41) is 3.79. The second-order valence-electron chi connectivity index (χ2n) is 5.17. The van der Waals surface area contributed by atoms with Gasteiger partial charge in [-0.05, 0) is 37.5 Å². The first-order valence-corrected chi connectivity index (χ1v) is 6.08. The predicted molar refractivity (Wildman–Crippen MR) is 58.4 cm³/mol. The van der Waals surface area contributed by atoms with Crippen LogP contribution in [0.25, 0.3) is 0 Å². The van der Waals surface area contributed by atoms with Crippen LogP contribution in [0.1, 0.15) is 46.0 Å². The van der Waals surface area contributed by atoms with Crippen LogP contribution in [0.3, 0.4) is 0 Å². The second kappa shape index (κ2) is 4.19. The lowest BCUT2D eigenvalue weighted by Gasteiger charge is -2.17. The number of nitrogens with one attached hydrogen (secondary N) is 1. The van der Waals surface area contributed by atoms with Crippen molar-refractivity contribution in [1.29, 1.82) is 0 Å². The summed E-state index contributed by atoms with van der Waals surface area (Å²) in [6.07, 6.45) is 6.43. The smallest absolute Gasteiger partial charge is 0.0480 e. The van der Waals surface area contributed by atoms with Gasteiger partial charge in [0.1, 0.15) is 0 Å². The first kappa shape index (κ1) is 10.4. The molecular formula is C12H23NO. The van der Waals surface area contributed by atoms with Crippen molar-refractivity contribution in [1.82, 2.24) is 5.32 Å². The fourth-order valence-corrected chi connectivity index (χ4v) is 2.41. The van der Waals surface area contributed by atoms with E-state index in [0.29, 0.717) is 5.41 Å². The van der Waals surface area contributed by atoms with E-state index < -0.39 is 0 Å². The molecule has 0 radical (unpaired) electrons. The van der Waals surface area contributed by atoms with Gasteiger partial charge in [-0.3, -0.25) is 0 Å². The van der Waals surface area contributed by atoms with Crippen LogP contribution in [0.2, 0.25) is 0 Å². The van der Waals surface area contributed by atoms with Crippen molar-refractivity contribution in [3.8, 4) is 0 Å². The van der Waals surface area contributed by atoms with Crippen LogP contribution < -0.4 is 5.32 Å². The molecule has 1 saturated carbocycles. The summed E-state index contributed by atoms with van der Waals surface area (Å²) in [5.74, 6) is 0. The van der Waals surface area contributed by atoms with Crippen LogP contribution in [0.5, 0.6) is 0 Å². The van der Waals surface area contributed by atoms with Crippen LogP contribution in [-0.2, 0) is 4.74 Å². The van der Waals surface area contributed by atoms with Gasteiger partial charge in [0.2, 0.25) is 0 Å². The SMILES string of the molecule is CCC1(C)CC1NC1CCCOCC1. The maximum Gasteiger partial charge on any atom is 0.0480 e. The van der Waals surface area contributed by atoms with Crippen molar-refractivity contribution in [2.24, 2.45) is 5.41 Å². The average molecular weight is 197 g/mol. The molecule has 1 aliphatic carbocycles. The van der Waals surface area contributed by atoms with Crippen LogP contribution in [-0.4, -0.2) is 25.3 Å². The Kier molecular flexibility index (Phi) is 3.13. The van der Waals surface area contributed by atoms with Gasteiger partial charge in [-0.25, -0.2) is 0 Å². The van der Waals surface area contributed by atoms with Gasteiger partial charge in [0, 0.05) is 25.3 Å². The minimum Gasteiger partial charge on any atom is -0.381 e. The standard InChI is InChI=1S/C12H23NO/c1-3-12(2)9-11(12)13-10-5-4-7-14-8-6-10/h10-11,13H,3-9H2,1-2H3. The number of rotatable bonds is 3. The zero-order valence-corrected chi connectivity index (χ0v) is 9.51. The highest BCUT2D eigenvalue weighted by molar-refractivity contribution is 5.04. The zero-order chi connectivity index (χ0) is 10.0. The van der Waals surface area contributed by atoms with Crippen molar-refractivity contribution < 1.29 is 4.74 Å². The normalized spacial score (nSPS) is 43.3. The highest BCUT2D eigenvalue weighted by Gasteiger charge is 2.48. The van der Waals surface area contributed by atoms with E-state index >= 15 is 0 Å². The summed E-state index contributed by atoms with van der Waals surface area (Å²) < 4.78 is 5.46. The molecule has 0 aromatic heterocycles. The Morgan fingerprint density at radius 3 is 2.93 bits per heavy atom. The molecule has 0 aromatic carbocycles. The van der Waals surface area contributed by atoms with E-state index in [9.17, 15) is 0 Å². The Morgan fingerprint density at radius 2 is 2.21 bits per heavy atom. The quantitative estimate of drug-likeness (QED) is 0.750. The molecule has 0 bridgehead atoms. The van der Waals surface area contributed by atoms with Gasteiger partial charge in [0.05, 0.1) is 0 Å². The molecule has 82 valence electrons. The molecule has 0 amide bonds. The molecule has 1 aliphatic heterocycles. The average Bonchev–Trinajstić information content (AvgIpc) is 2.89. The number of hydrogen-bond acceptors (Lipinski definition) is 2. The second-order valence-corrected chi connectivity index (χ2v) is 5.17. The molecule has 1 saturated heterocycles. The molecule has 2 fully saturated rings. The van der Waals surface area contributed by atoms with Crippen molar-refractivity contribution in [2.45, 2.75) is 58.0 Å². The first-order chi connectivity index (χ1) is 6.74. The lowest BCUT2D eigenvalue weighted by Crippen LogP contribution is -2.33. The molecule has 0 spiro atoms. The van der Waals surface area contributed by atoms with Gasteiger partial charge in [0.25, 0.3) is 0 Å². The van der Waals surface area contributed by atoms with Crippen LogP contribution >= 0.6 is 0 Å². The summed E-state index contributed by atoms with van der Waals surface area (Å²) in [4.78, 5) is 0. The Bertz CT molecular complexity index is 187. The summed E-state index contributed by atoms with van der Waals surface area (Å²) in [6, 6.07) is 1.51. The maximum atomic E-state index is 5.46. The lowest BCUT2D eigenvalue weighted by molar-refractivity contribution is 0.142. The summed E-state index contributed by atoms with van der Waals surface area (Å²) >= 11 is 0. The third-order valence-corrected chi connectivity index (χ3v) is 4.05. The van der Waals surface area contributed by atoms with Gasteiger partial charge in [-0.1, -0.05) is 13.8 Å². The van der Waals surface area contributed by atoms with Gasteiger partial charge >= 0.3 is 0 Å². The van der Waals surface area contributed by atoms with Crippen molar-refractivity contribution >= 4 is 0 Å². The van der Waals surface area contributed by atoms with Gasteiger partial charge in [-0.15, -0.1) is 0 Å². The number of hydrogen-bond donors (Lipinski definition) is 1. The van der Waals surface area contributed by atoms with Gasteiger partial charge < -0.3 is 10.1 Å². The minimum atomic E-state index is 0.604. The van der Waals surface area contributed by atoms with E-state index in [2.05, 4.69) is 19.2 Å². The summed E-state index contributed by atoms with van der Waals surface area (Å²) in [5.41, 5.74) is 0.604. The van der Waals surface area contributed by atoms with E-state index in [4.69, 9.17) is 4.74 Å². The molecule has 0 aromatic rings. The van der Waals surface area contributed by atoms with E-state index in [1.54, 1.807) is 0 Å². The Hall–Kier alpha value is -0.0800.